The van der Waals surface area contributed by atoms with Crippen molar-refractivity contribution in [2.24, 2.45) is 0 Å². The lowest BCUT2D eigenvalue weighted by atomic mass is 10.1. The summed E-state index contributed by atoms with van der Waals surface area (Å²) in [7, 11) is 0. The summed E-state index contributed by atoms with van der Waals surface area (Å²) in [6.07, 6.45) is -1.11. The molecule has 4 rings (SSSR count). The monoisotopic (exact) mass is 494 g/mol. The lowest BCUT2D eigenvalue weighted by Gasteiger charge is -2.36. The largest absolute Gasteiger partial charge is 0.457 e. The lowest BCUT2D eigenvalue weighted by Crippen LogP contribution is -2.53. The number of aliphatic hydroxyl groups excluding tert-OH is 2. The van der Waals surface area contributed by atoms with E-state index in [4.69, 9.17) is 4.74 Å². The molecule has 9 heteroatoms. The van der Waals surface area contributed by atoms with E-state index in [0.29, 0.717) is 49.1 Å². The fraction of sp³-hybridized carbons (Fsp3) is 0.333. The zero-order valence-electron chi connectivity index (χ0n) is 20.4. The van der Waals surface area contributed by atoms with Crippen molar-refractivity contribution in [3.63, 3.8) is 0 Å². The van der Waals surface area contributed by atoms with Gasteiger partial charge in [-0.15, -0.1) is 0 Å². The van der Waals surface area contributed by atoms with Crippen molar-refractivity contribution in [1.82, 2.24) is 15.2 Å². The molecule has 1 fully saturated rings. The topological polar surface area (TPSA) is 98.2 Å². The third-order valence-electron chi connectivity index (χ3n) is 5.89. The van der Waals surface area contributed by atoms with Gasteiger partial charge in [0.1, 0.15) is 23.4 Å². The number of hydrogen-bond acceptors (Lipinski definition) is 6. The molecule has 1 saturated heterocycles. The summed E-state index contributed by atoms with van der Waals surface area (Å²) in [6.45, 7) is 5.84. The Labute approximate surface area is 210 Å². The molecule has 0 spiro atoms. The first-order valence-electron chi connectivity index (χ1n) is 12.0. The molecule has 1 aliphatic rings. The third kappa shape index (κ3) is 6.30. The number of halogens is 1. The number of hydrogen-bond donors (Lipinski definition) is 3. The van der Waals surface area contributed by atoms with Gasteiger partial charge in [-0.25, -0.2) is 14.2 Å². The minimum absolute atomic E-state index is 0.0700. The normalized spacial score (nSPS) is 14.6. The van der Waals surface area contributed by atoms with E-state index >= 15 is 0 Å². The number of aliphatic hydroxyl groups is 2. The van der Waals surface area contributed by atoms with E-state index in [2.05, 4.69) is 15.2 Å². The molecule has 1 aromatic heterocycles. The molecule has 0 bridgehead atoms. The Morgan fingerprint density at radius 2 is 1.64 bits per heavy atom. The number of rotatable bonds is 7. The first-order chi connectivity index (χ1) is 17.3. The number of piperazine rings is 1. The summed E-state index contributed by atoms with van der Waals surface area (Å²) in [5, 5.41) is 22.8. The van der Waals surface area contributed by atoms with Crippen LogP contribution in [0.15, 0.2) is 60.7 Å². The second kappa shape index (κ2) is 11.4. The number of ether oxygens (including phenoxy) is 1. The van der Waals surface area contributed by atoms with Crippen molar-refractivity contribution in [2.45, 2.75) is 26.0 Å². The molecular formula is C27H31FN4O4. The molecule has 8 nitrogen and oxygen atoms in total. The average molecular weight is 495 g/mol. The molecule has 0 radical (unpaired) electrons. The minimum Gasteiger partial charge on any atom is -0.457 e. The highest BCUT2D eigenvalue weighted by Gasteiger charge is 2.23. The molecule has 1 aliphatic heterocycles. The maximum absolute atomic E-state index is 13.1. The van der Waals surface area contributed by atoms with Gasteiger partial charge in [-0.3, -0.25) is 0 Å². The van der Waals surface area contributed by atoms with Crippen molar-refractivity contribution < 1.29 is 24.1 Å². The molecule has 0 unspecified atom stereocenters. The molecule has 0 aliphatic carbocycles. The van der Waals surface area contributed by atoms with Crippen LogP contribution in [0.5, 0.6) is 11.5 Å². The summed E-state index contributed by atoms with van der Waals surface area (Å²) in [6, 6.07) is 16.8. The molecule has 36 heavy (non-hydrogen) atoms. The van der Waals surface area contributed by atoms with Gasteiger partial charge in [0.2, 0.25) is 0 Å². The van der Waals surface area contributed by atoms with E-state index in [0.717, 1.165) is 11.3 Å². The van der Waals surface area contributed by atoms with Gasteiger partial charge in [0, 0.05) is 43.5 Å². The Kier molecular flexibility index (Phi) is 8.02. The standard InChI is InChI=1S/C27H31FN4O4/c1-18(2)29-27(35)32-13-11-31(12-14-32)21-15-24(30-25(16-21)26(34)17-33)19-3-7-22(8-4-19)36-23-9-5-20(28)6-10-23/h3-10,15-16,18,26,33-34H,11-14,17H2,1-2H3,(H,29,35)/t26-/m0/s1. The van der Waals surface area contributed by atoms with Crippen LogP contribution in [0.2, 0.25) is 0 Å². The molecule has 0 saturated carbocycles. The van der Waals surface area contributed by atoms with Crippen LogP contribution >= 0.6 is 0 Å². The molecule has 3 N–H and O–H groups in total. The van der Waals surface area contributed by atoms with Gasteiger partial charge in [-0.1, -0.05) is 0 Å². The number of nitrogens with one attached hydrogen (secondary N) is 1. The highest BCUT2D eigenvalue weighted by atomic mass is 19.1. The van der Waals surface area contributed by atoms with Crippen molar-refractivity contribution in [3.8, 4) is 22.8 Å². The Morgan fingerprint density at radius 1 is 1.03 bits per heavy atom. The SMILES string of the molecule is CC(C)NC(=O)N1CCN(c2cc(-c3ccc(Oc4ccc(F)cc4)cc3)nc([C@@H](O)CO)c2)CC1. The van der Waals surface area contributed by atoms with E-state index in [1.807, 2.05) is 32.0 Å². The summed E-state index contributed by atoms with van der Waals surface area (Å²) in [5.74, 6) is 0.788. The van der Waals surface area contributed by atoms with Crippen molar-refractivity contribution in [2.75, 3.05) is 37.7 Å². The number of benzene rings is 2. The zero-order valence-corrected chi connectivity index (χ0v) is 20.4. The summed E-state index contributed by atoms with van der Waals surface area (Å²) >= 11 is 0. The number of aromatic nitrogens is 1. The summed E-state index contributed by atoms with van der Waals surface area (Å²) in [4.78, 5) is 20.8. The predicted octanol–water partition coefficient (Wildman–Crippen LogP) is 3.95. The minimum atomic E-state index is -1.11. The van der Waals surface area contributed by atoms with Crippen LogP contribution in [0.1, 0.15) is 25.6 Å². The van der Waals surface area contributed by atoms with Crippen LogP contribution in [0.3, 0.4) is 0 Å². The Bertz CT molecular complexity index is 1160. The number of amides is 2. The van der Waals surface area contributed by atoms with Gasteiger partial charge in [0.15, 0.2) is 0 Å². The van der Waals surface area contributed by atoms with Crippen LogP contribution in [0.25, 0.3) is 11.3 Å². The maximum Gasteiger partial charge on any atom is 0.317 e. The van der Waals surface area contributed by atoms with Gasteiger partial charge < -0.3 is 30.1 Å². The highest BCUT2D eigenvalue weighted by Crippen LogP contribution is 2.30. The smallest absolute Gasteiger partial charge is 0.317 e. The number of carbonyl (C=O) groups excluding carboxylic acids is 1. The highest BCUT2D eigenvalue weighted by molar-refractivity contribution is 5.75. The molecule has 3 aromatic rings. The molecule has 1 atom stereocenters. The van der Waals surface area contributed by atoms with Gasteiger partial charge in [0.25, 0.3) is 0 Å². The Hall–Kier alpha value is -3.69. The fourth-order valence-electron chi connectivity index (χ4n) is 3.97. The van der Waals surface area contributed by atoms with Crippen LogP contribution in [-0.2, 0) is 0 Å². The van der Waals surface area contributed by atoms with E-state index in [-0.39, 0.29) is 17.9 Å². The third-order valence-corrected chi connectivity index (χ3v) is 5.89. The zero-order chi connectivity index (χ0) is 25.7. The van der Waals surface area contributed by atoms with Crippen molar-refractivity contribution in [1.29, 1.82) is 0 Å². The van der Waals surface area contributed by atoms with E-state index < -0.39 is 12.7 Å². The first-order valence-corrected chi connectivity index (χ1v) is 12.0. The average Bonchev–Trinajstić information content (AvgIpc) is 2.89. The van der Waals surface area contributed by atoms with Gasteiger partial charge in [-0.05, 0) is 74.5 Å². The predicted molar refractivity (Wildman–Crippen MR) is 136 cm³/mol. The van der Waals surface area contributed by atoms with Gasteiger partial charge in [-0.2, -0.15) is 0 Å². The summed E-state index contributed by atoms with van der Waals surface area (Å²) in [5.41, 5.74) is 2.68. The fourth-order valence-corrected chi connectivity index (χ4v) is 3.97. The molecule has 2 amide bonds. The van der Waals surface area contributed by atoms with Crippen LogP contribution in [-0.4, -0.2) is 65.0 Å². The van der Waals surface area contributed by atoms with Gasteiger partial charge in [0.05, 0.1) is 18.0 Å². The number of carbonyl (C=O) groups is 1. The van der Waals surface area contributed by atoms with E-state index in [1.165, 1.54) is 12.1 Å². The van der Waals surface area contributed by atoms with E-state index in [1.54, 1.807) is 35.2 Å². The number of pyridine rings is 1. The Balaban J connectivity index is 1.52. The first kappa shape index (κ1) is 25.4. The molecule has 2 heterocycles. The van der Waals surface area contributed by atoms with Crippen molar-refractivity contribution >= 4 is 11.7 Å². The van der Waals surface area contributed by atoms with Crippen LogP contribution in [0, 0.1) is 5.82 Å². The van der Waals surface area contributed by atoms with E-state index in [9.17, 15) is 19.4 Å². The maximum atomic E-state index is 13.1. The van der Waals surface area contributed by atoms with Gasteiger partial charge >= 0.3 is 6.03 Å². The number of nitrogens with zero attached hydrogens (tertiary/aromatic N) is 3. The van der Waals surface area contributed by atoms with Crippen molar-refractivity contribution in [3.05, 3.63) is 72.2 Å². The molecule has 190 valence electrons. The Morgan fingerprint density at radius 3 is 2.22 bits per heavy atom. The lowest BCUT2D eigenvalue weighted by molar-refractivity contribution is 0.0924. The van der Waals surface area contributed by atoms with Crippen LogP contribution < -0.4 is 15.0 Å². The van der Waals surface area contributed by atoms with Crippen LogP contribution in [0.4, 0.5) is 14.9 Å². The quantitative estimate of drug-likeness (QED) is 0.460. The second-order valence-electron chi connectivity index (χ2n) is 8.99. The number of anilines is 1. The molecular weight excluding hydrogens is 463 g/mol. The second-order valence-corrected chi connectivity index (χ2v) is 8.99. The molecule has 2 aromatic carbocycles. The summed E-state index contributed by atoms with van der Waals surface area (Å²) < 4.78 is 18.9. The number of urea groups is 1.